The molecule has 0 spiro atoms. The van der Waals surface area contributed by atoms with Crippen molar-refractivity contribution < 1.29 is 32.6 Å². The van der Waals surface area contributed by atoms with Gasteiger partial charge in [0, 0.05) is 6.54 Å². The molecule has 0 atom stereocenters. The van der Waals surface area contributed by atoms with Gasteiger partial charge in [0.05, 0.1) is 12.7 Å². The summed E-state index contributed by atoms with van der Waals surface area (Å²) >= 11 is 0. The van der Waals surface area contributed by atoms with Crippen LogP contribution in [0, 0.1) is 23.2 Å². The van der Waals surface area contributed by atoms with Crippen LogP contribution in [-0.2, 0) is 9.53 Å². The molecule has 4 aliphatic rings. The van der Waals surface area contributed by atoms with Gasteiger partial charge in [-0.2, -0.15) is 8.78 Å². The summed E-state index contributed by atoms with van der Waals surface area (Å²) in [4.78, 5) is 24.5. The Morgan fingerprint density at radius 2 is 1.73 bits per heavy atom. The van der Waals surface area contributed by atoms with Crippen LogP contribution in [0.2, 0.25) is 0 Å². The summed E-state index contributed by atoms with van der Waals surface area (Å²) in [6.07, 6.45) is 7.59. The topological polar surface area (TPSA) is 73.9 Å². The summed E-state index contributed by atoms with van der Waals surface area (Å²) in [6.45, 7) is -2.75. The fraction of sp³-hybridized carbons (Fsp3) is 0.636. The Labute approximate surface area is 174 Å². The number of ether oxygens (including phenoxy) is 3. The van der Waals surface area contributed by atoms with Crippen LogP contribution >= 0.6 is 0 Å². The smallest absolute Gasteiger partial charge is 0.387 e. The van der Waals surface area contributed by atoms with Gasteiger partial charge in [0.25, 0.3) is 5.91 Å². The van der Waals surface area contributed by atoms with E-state index in [9.17, 15) is 18.4 Å². The van der Waals surface area contributed by atoms with Crippen LogP contribution in [0.1, 0.15) is 48.9 Å². The zero-order valence-corrected chi connectivity index (χ0v) is 17.0. The van der Waals surface area contributed by atoms with Gasteiger partial charge in [-0.3, -0.25) is 4.79 Å². The first-order valence-corrected chi connectivity index (χ1v) is 10.4. The van der Waals surface area contributed by atoms with Gasteiger partial charge in [-0.25, -0.2) is 4.79 Å². The Bertz CT molecular complexity index is 777. The highest BCUT2D eigenvalue weighted by Gasteiger charge is 2.50. The highest BCUT2D eigenvalue weighted by molar-refractivity contribution is 5.92. The zero-order chi connectivity index (χ0) is 21.3. The molecule has 0 aliphatic heterocycles. The summed E-state index contributed by atoms with van der Waals surface area (Å²) in [6, 6.07) is 3.73. The minimum absolute atomic E-state index is 0.0176. The molecule has 0 aromatic heterocycles. The van der Waals surface area contributed by atoms with Gasteiger partial charge in [-0.05, 0) is 79.9 Å². The Morgan fingerprint density at radius 1 is 1.10 bits per heavy atom. The van der Waals surface area contributed by atoms with Gasteiger partial charge in [0.1, 0.15) is 0 Å². The van der Waals surface area contributed by atoms with E-state index in [0.29, 0.717) is 6.54 Å². The van der Waals surface area contributed by atoms with E-state index in [4.69, 9.17) is 9.47 Å². The normalized spacial score (nSPS) is 29.0. The molecule has 4 bridgehead atoms. The van der Waals surface area contributed by atoms with E-state index >= 15 is 0 Å². The largest absolute Gasteiger partial charge is 0.493 e. The molecule has 8 heteroatoms. The molecule has 5 rings (SSSR count). The van der Waals surface area contributed by atoms with Gasteiger partial charge in [-0.1, -0.05) is 0 Å². The summed E-state index contributed by atoms with van der Waals surface area (Å²) < 4.78 is 39.2. The molecule has 1 N–H and O–H groups in total. The molecule has 30 heavy (non-hydrogen) atoms. The van der Waals surface area contributed by atoms with Crippen molar-refractivity contribution in [3.8, 4) is 11.5 Å². The van der Waals surface area contributed by atoms with Crippen LogP contribution in [0.25, 0.3) is 0 Å². The van der Waals surface area contributed by atoms with Crippen molar-refractivity contribution in [1.29, 1.82) is 0 Å². The van der Waals surface area contributed by atoms with E-state index in [0.717, 1.165) is 17.8 Å². The van der Waals surface area contributed by atoms with Crippen molar-refractivity contribution in [2.24, 2.45) is 23.2 Å². The lowest BCUT2D eigenvalue weighted by Crippen LogP contribution is -2.51. The Hall–Kier alpha value is -2.38. The number of amides is 1. The number of hydrogen-bond acceptors (Lipinski definition) is 5. The minimum Gasteiger partial charge on any atom is -0.493 e. The number of methoxy groups -OCH3 is 1. The quantitative estimate of drug-likeness (QED) is 0.644. The summed E-state index contributed by atoms with van der Waals surface area (Å²) in [5, 5.41) is 2.96. The van der Waals surface area contributed by atoms with Crippen LogP contribution in [0.4, 0.5) is 8.78 Å². The average molecular weight is 423 g/mol. The number of benzene rings is 1. The molecule has 1 amide bonds. The number of rotatable bonds is 8. The Kier molecular flexibility index (Phi) is 5.84. The van der Waals surface area contributed by atoms with E-state index in [-0.39, 0.29) is 35.0 Å². The molecule has 4 saturated carbocycles. The summed E-state index contributed by atoms with van der Waals surface area (Å²) in [5.41, 5.74) is 0.296. The van der Waals surface area contributed by atoms with E-state index in [1.807, 2.05) is 0 Å². The predicted octanol–water partition coefficient (Wildman–Crippen LogP) is 3.79. The van der Waals surface area contributed by atoms with Gasteiger partial charge in [0.15, 0.2) is 18.1 Å². The second kappa shape index (κ2) is 8.40. The monoisotopic (exact) mass is 423 g/mol. The highest BCUT2D eigenvalue weighted by Crippen LogP contribution is 2.59. The van der Waals surface area contributed by atoms with Crippen LogP contribution < -0.4 is 14.8 Å². The maximum Gasteiger partial charge on any atom is 0.387 e. The third kappa shape index (κ3) is 4.52. The second-order valence-electron chi connectivity index (χ2n) is 9.01. The number of halogens is 2. The molecule has 4 aliphatic carbocycles. The summed E-state index contributed by atoms with van der Waals surface area (Å²) in [7, 11) is 1.28. The predicted molar refractivity (Wildman–Crippen MR) is 104 cm³/mol. The molecule has 0 unspecified atom stereocenters. The van der Waals surface area contributed by atoms with E-state index in [1.165, 1.54) is 63.8 Å². The molecular weight excluding hydrogens is 396 g/mol. The number of alkyl halides is 2. The number of esters is 1. The Balaban J connectivity index is 1.27. The first kappa shape index (κ1) is 20.9. The fourth-order valence-electron chi connectivity index (χ4n) is 6.05. The Morgan fingerprint density at radius 3 is 2.30 bits per heavy atom. The van der Waals surface area contributed by atoms with Gasteiger partial charge < -0.3 is 19.5 Å². The van der Waals surface area contributed by atoms with Crippen molar-refractivity contribution >= 4 is 11.9 Å². The first-order valence-electron chi connectivity index (χ1n) is 10.4. The second-order valence-corrected chi connectivity index (χ2v) is 9.01. The third-order valence-electron chi connectivity index (χ3n) is 6.78. The van der Waals surface area contributed by atoms with Crippen molar-refractivity contribution in [2.75, 3.05) is 20.3 Å². The molecule has 0 radical (unpaired) electrons. The summed E-state index contributed by atoms with van der Waals surface area (Å²) in [5.74, 6) is 1.15. The molecule has 6 nitrogen and oxygen atoms in total. The molecule has 1 aromatic carbocycles. The zero-order valence-electron chi connectivity index (χ0n) is 17.0. The SMILES string of the molecule is COc1cc(C(=O)OCC(=O)NCC23CC4CC(CC(C4)C2)C3)ccc1OC(F)F. The van der Waals surface area contributed by atoms with Gasteiger partial charge >= 0.3 is 12.6 Å². The molecule has 4 fully saturated rings. The lowest BCUT2D eigenvalue weighted by Gasteiger charge is -2.56. The lowest BCUT2D eigenvalue weighted by atomic mass is 9.49. The number of hydrogen-bond donors (Lipinski definition) is 1. The highest BCUT2D eigenvalue weighted by atomic mass is 19.3. The van der Waals surface area contributed by atoms with E-state index in [2.05, 4.69) is 10.1 Å². The van der Waals surface area contributed by atoms with Crippen LogP contribution in [0.15, 0.2) is 18.2 Å². The number of carbonyl (C=O) groups is 2. The van der Waals surface area contributed by atoms with Crippen LogP contribution in [-0.4, -0.2) is 38.7 Å². The standard InChI is InChI=1S/C22H27F2NO5/c1-28-18-7-16(2-3-17(18)30-21(23)24)20(27)29-11-19(26)25-12-22-8-13-4-14(9-22)6-15(5-13)10-22/h2-3,7,13-15,21H,4-6,8-12H2,1H3,(H,25,26). The number of carbonyl (C=O) groups excluding carboxylic acids is 2. The lowest BCUT2D eigenvalue weighted by molar-refractivity contribution is -0.126. The fourth-order valence-corrected chi connectivity index (χ4v) is 6.05. The molecule has 0 heterocycles. The molecular formula is C22H27F2NO5. The number of nitrogens with one attached hydrogen (secondary N) is 1. The van der Waals surface area contributed by atoms with Crippen molar-refractivity contribution in [2.45, 2.75) is 45.1 Å². The molecule has 0 saturated heterocycles. The maximum atomic E-state index is 12.4. The van der Waals surface area contributed by atoms with Gasteiger partial charge in [-0.15, -0.1) is 0 Å². The average Bonchev–Trinajstić information content (AvgIpc) is 2.69. The van der Waals surface area contributed by atoms with Crippen LogP contribution in [0.5, 0.6) is 11.5 Å². The molecule has 1 aromatic rings. The van der Waals surface area contributed by atoms with Crippen molar-refractivity contribution in [3.63, 3.8) is 0 Å². The minimum atomic E-state index is -3.01. The van der Waals surface area contributed by atoms with Crippen molar-refractivity contribution in [1.82, 2.24) is 5.32 Å². The first-order chi connectivity index (χ1) is 14.4. The van der Waals surface area contributed by atoms with E-state index < -0.39 is 12.6 Å². The maximum absolute atomic E-state index is 12.4. The molecule has 164 valence electrons. The third-order valence-corrected chi connectivity index (χ3v) is 6.78. The van der Waals surface area contributed by atoms with Crippen LogP contribution in [0.3, 0.4) is 0 Å². The van der Waals surface area contributed by atoms with Crippen molar-refractivity contribution in [3.05, 3.63) is 23.8 Å². The van der Waals surface area contributed by atoms with E-state index in [1.54, 1.807) is 0 Å². The van der Waals surface area contributed by atoms with Gasteiger partial charge in [0.2, 0.25) is 0 Å².